The maximum Gasteiger partial charge on any atom is 0.252 e. The van der Waals surface area contributed by atoms with Crippen molar-refractivity contribution in [3.63, 3.8) is 0 Å². The minimum atomic E-state index is 0.00429. The Bertz CT molecular complexity index is 5180. The Morgan fingerprint density at radius 3 is 1.03 bits per heavy atom. The van der Waals surface area contributed by atoms with E-state index in [4.69, 9.17) is 0 Å². The summed E-state index contributed by atoms with van der Waals surface area (Å²) in [5.74, 6) is 0. The standard InChI is InChI=1S/C86H61B2N5/c1-58-23-21-24-59(2)86(58)93-78-38-20-17-35-74(78)87-73-34-16-19-37-77(73)91(67-29-11-5-12-30-67)82-55-65(56-83(93)85(82)87)64-43-41-61(42-44-64)63-47-51-70(52-48-63)89(69-49-45-62(46-50-69)60-25-7-3-8-26-60)71-53-54-75-81(57-71)92(68-31-13-6-14-32-68)80-40-22-39-79-84(80)88(75)72-33-15-18-36-76(72)90(79)66-27-9-4-10-28-66/h3-57H,1-2H3. The van der Waals surface area contributed by atoms with Crippen molar-refractivity contribution in [2.75, 3.05) is 24.5 Å². The smallest absolute Gasteiger partial charge is 0.252 e. The van der Waals surface area contributed by atoms with Crippen molar-refractivity contribution in [3.8, 4) is 33.4 Å². The van der Waals surface area contributed by atoms with Crippen molar-refractivity contribution in [2.24, 2.45) is 0 Å². The van der Waals surface area contributed by atoms with E-state index in [0.717, 1.165) is 62.1 Å². The molecule has 93 heavy (non-hydrogen) atoms. The lowest BCUT2D eigenvalue weighted by Crippen LogP contribution is -2.61. The molecule has 0 saturated carbocycles. The molecule has 4 heterocycles. The van der Waals surface area contributed by atoms with E-state index in [9.17, 15) is 0 Å². The van der Waals surface area contributed by atoms with Gasteiger partial charge in [0.05, 0.1) is 5.69 Å². The van der Waals surface area contributed by atoms with Gasteiger partial charge in [0.15, 0.2) is 0 Å². The third kappa shape index (κ3) is 8.79. The first-order valence-corrected chi connectivity index (χ1v) is 32.3. The van der Waals surface area contributed by atoms with Crippen LogP contribution in [0.15, 0.2) is 334 Å². The normalized spacial score (nSPS) is 12.9. The molecule has 5 nitrogen and oxygen atoms in total. The van der Waals surface area contributed by atoms with Gasteiger partial charge in [-0.3, -0.25) is 0 Å². The quantitative estimate of drug-likeness (QED) is 0.127. The number of hydrogen-bond acceptors (Lipinski definition) is 5. The molecule has 0 atom stereocenters. The number of benzene rings is 14. The molecule has 0 aliphatic carbocycles. The molecule has 4 aliphatic heterocycles. The zero-order valence-electron chi connectivity index (χ0n) is 51.6. The Hall–Kier alpha value is -11.8. The molecular formula is C86H61B2N5. The third-order valence-corrected chi connectivity index (χ3v) is 19.6. The summed E-state index contributed by atoms with van der Waals surface area (Å²) in [5, 5.41) is 0. The molecule has 7 heteroatoms. The van der Waals surface area contributed by atoms with E-state index in [0.29, 0.717) is 0 Å². The first kappa shape index (κ1) is 54.2. The molecule has 0 unspecified atom stereocenters. The van der Waals surface area contributed by atoms with Crippen molar-refractivity contribution >= 4 is 132 Å². The molecule has 0 aromatic heterocycles. The average Bonchev–Trinajstić information content (AvgIpc) is 0.710. The van der Waals surface area contributed by atoms with E-state index in [1.807, 2.05) is 0 Å². The van der Waals surface area contributed by atoms with Crippen LogP contribution in [0.25, 0.3) is 33.4 Å². The first-order chi connectivity index (χ1) is 46.0. The first-order valence-electron chi connectivity index (χ1n) is 32.3. The van der Waals surface area contributed by atoms with Crippen LogP contribution in [0.4, 0.5) is 85.3 Å². The SMILES string of the molecule is Cc1cccc(C)c1N1c2ccccc2B2c3ccccc3N(c3ccccc3)c3cc(-c4ccc(-c5ccc(N(c6ccc(-c7ccccc7)cc6)c6ccc7c(c6)N(c6ccccc6)c6cccc8c6B7c6ccccc6N8c6ccccc6)cc5)cc4)cc1c32. The van der Waals surface area contributed by atoms with Gasteiger partial charge in [-0.05, 0) is 206 Å². The predicted molar refractivity (Wildman–Crippen MR) is 395 cm³/mol. The van der Waals surface area contributed by atoms with Crippen molar-refractivity contribution in [1.82, 2.24) is 0 Å². The second kappa shape index (κ2) is 22.0. The van der Waals surface area contributed by atoms with Gasteiger partial charge in [-0.2, -0.15) is 0 Å². The fourth-order valence-electron chi connectivity index (χ4n) is 15.6. The Kier molecular flexibility index (Phi) is 12.8. The number of para-hydroxylation sites is 7. The highest BCUT2D eigenvalue weighted by Gasteiger charge is 2.45. The molecular weight excluding hydrogens is 1120 g/mol. The molecule has 0 bridgehead atoms. The van der Waals surface area contributed by atoms with Gasteiger partial charge in [0.1, 0.15) is 0 Å². The van der Waals surface area contributed by atoms with Crippen LogP contribution in [0, 0.1) is 13.8 Å². The summed E-state index contributed by atoms with van der Waals surface area (Å²) in [6.07, 6.45) is 0. The van der Waals surface area contributed by atoms with Gasteiger partial charge in [0.25, 0.3) is 13.4 Å². The highest BCUT2D eigenvalue weighted by atomic mass is 15.2. The van der Waals surface area contributed by atoms with Crippen LogP contribution in [0.5, 0.6) is 0 Å². The van der Waals surface area contributed by atoms with Crippen LogP contribution < -0.4 is 57.3 Å². The predicted octanol–water partition coefficient (Wildman–Crippen LogP) is 18.9. The zero-order valence-corrected chi connectivity index (χ0v) is 51.6. The van der Waals surface area contributed by atoms with Crippen molar-refractivity contribution in [2.45, 2.75) is 13.8 Å². The van der Waals surface area contributed by atoms with E-state index < -0.39 is 0 Å². The van der Waals surface area contributed by atoms with Gasteiger partial charge in [-0.1, -0.05) is 218 Å². The van der Waals surface area contributed by atoms with Crippen LogP contribution in [0.2, 0.25) is 0 Å². The molecule has 0 spiro atoms. The van der Waals surface area contributed by atoms with Crippen LogP contribution in [-0.2, 0) is 0 Å². The van der Waals surface area contributed by atoms with Crippen LogP contribution in [0.1, 0.15) is 11.1 Å². The summed E-state index contributed by atoms with van der Waals surface area (Å²) >= 11 is 0. The van der Waals surface area contributed by atoms with Gasteiger partial charge >= 0.3 is 0 Å². The lowest BCUT2D eigenvalue weighted by Gasteiger charge is -2.45. The highest BCUT2D eigenvalue weighted by Crippen LogP contribution is 2.50. The van der Waals surface area contributed by atoms with E-state index >= 15 is 0 Å². The van der Waals surface area contributed by atoms with Crippen LogP contribution in [0.3, 0.4) is 0 Å². The second-order valence-corrected chi connectivity index (χ2v) is 24.9. The molecule has 436 valence electrons. The number of rotatable bonds is 10. The van der Waals surface area contributed by atoms with Crippen LogP contribution >= 0.6 is 0 Å². The Labute approximate surface area is 544 Å². The minimum absolute atomic E-state index is 0.00429. The molecule has 0 amide bonds. The second-order valence-electron chi connectivity index (χ2n) is 24.9. The fraction of sp³-hybridized carbons (Fsp3) is 0.0233. The van der Waals surface area contributed by atoms with Gasteiger partial charge in [-0.25, -0.2) is 0 Å². The molecule has 14 aromatic rings. The molecule has 4 aliphatic rings. The molecule has 0 N–H and O–H groups in total. The summed E-state index contributed by atoms with van der Waals surface area (Å²) < 4.78 is 0. The summed E-state index contributed by atoms with van der Waals surface area (Å²) in [7, 11) is 0. The number of hydrogen-bond donors (Lipinski definition) is 0. The molecule has 0 radical (unpaired) electrons. The number of anilines is 15. The van der Waals surface area contributed by atoms with Crippen molar-refractivity contribution in [1.29, 1.82) is 0 Å². The van der Waals surface area contributed by atoms with Gasteiger partial charge in [-0.15, -0.1) is 0 Å². The lowest BCUT2D eigenvalue weighted by atomic mass is 9.33. The van der Waals surface area contributed by atoms with E-state index in [1.165, 1.54) is 101 Å². The van der Waals surface area contributed by atoms with Crippen molar-refractivity contribution in [3.05, 3.63) is 345 Å². The topological polar surface area (TPSA) is 16.2 Å². The van der Waals surface area contributed by atoms with E-state index in [-0.39, 0.29) is 13.4 Å². The fourth-order valence-corrected chi connectivity index (χ4v) is 15.6. The Morgan fingerprint density at radius 1 is 0.226 bits per heavy atom. The Morgan fingerprint density at radius 2 is 0.548 bits per heavy atom. The summed E-state index contributed by atoms with van der Waals surface area (Å²) in [6, 6.07) is 123. The summed E-state index contributed by atoms with van der Waals surface area (Å²) in [4.78, 5) is 12.4. The van der Waals surface area contributed by atoms with Gasteiger partial charge < -0.3 is 24.5 Å². The third-order valence-electron chi connectivity index (χ3n) is 19.6. The number of aryl methyl sites for hydroxylation is 2. The summed E-state index contributed by atoms with van der Waals surface area (Å²) in [5.41, 5.74) is 34.7. The molecule has 18 rings (SSSR count). The lowest BCUT2D eigenvalue weighted by molar-refractivity contribution is 1.21. The summed E-state index contributed by atoms with van der Waals surface area (Å²) in [6.45, 7) is 4.55. The number of fused-ring (bicyclic) bond motifs is 8. The minimum Gasteiger partial charge on any atom is -0.311 e. The van der Waals surface area contributed by atoms with Gasteiger partial charge in [0.2, 0.25) is 0 Å². The van der Waals surface area contributed by atoms with E-state index in [2.05, 4.69) is 372 Å². The van der Waals surface area contributed by atoms with Gasteiger partial charge in [0, 0.05) is 79.6 Å². The largest absolute Gasteiger partial charge is 0.311 e. The maximum absolute atomic E-state index is 2.55. The van der Waals surface area contributed by atoms with Crippen molar-refractivity contribution < 1.29 is 0 Å². The molecule has 0 fully saturated rings. The monoisotopic (exact) mass is 1190 g/mol. The highest BCUT2D eigenvalue weighted by molar-refractivity contribution is 7.01. The van der Waals surface area contributed by atoms with Crippen LogP contribution in [-0.4, -0.2) is 13.4 Å². The zero-order chi connectivity index (χ0) is 61.7. The molecule has 14 aromatic carbocycles. The maximum atomic E-state index is 2.55. The van der Waals surface area contributed by atoms with E-state index in [1.54, 1.807) is 0 Å². The molecule has 0 saturated heterocycles. The average molecular weight is 1190 g/mol. The Balaban J connectivity index is 0.753. The number of nitrogens with zero attached hydrogens (tertiary/aromatic N) is 5.